The summed E-state index contributed by atoms with van der Waals surface area (Å²) < 4.78 is 37.4. The highest BCUT2D eigenvalue weighted by molar-refractivity contribution is 5.47. The van der Waals surface area contributed by atoms with E-state index in [4.69, 9.17) is 0 Å². The Morgan fingerprint density at radius 2 is 2.00 bits per heavy atom. The predicted molar refractivity (Wildman–Crippen MR) is 38.4 cm³/mol. The molecule has 7 heteroatoms. The summed E-state index contributed by atoms with van der Waals surface area (Å²) in [5, 5.41) is 5.45. The summed E-state index contributed by atoms with van der Waals surface area (Å²) in [6.45, 7) is 1.35. The maximum absolute atomic E-state index is 12.2. The van der Waals surface area contributed by atoms with Crippen LogP contribution in [0.2, 0.25) is 0 Å². The lowest BCUT2D eigenvalue weighted by molar-refractivity contribution is -0.140. The molecule has 0 aliphatic heterocycles. The molecule has 0 amide bonds. The standard InChI is InChI=1S/C6H6F3N3O/c1-3-4(11-13)5(6(7,8)9)10-12(3)2/h1-2H3. The fourth-order valence-electron chi connectivity index (χ4n) is 0.897. The van der Waals surface area contributed by atoms with Gasteiger partial charge in [0.05, 0.1) is 5.69 Å². The minimum atomic E-state index is -4.63. The number of nitroso groups, excluding NO2 is 1. The van der Waals surface area contributed by atoms with E-state index in [1.54, 1.807) is 0 Å². The molecule has 1 heterocycles. The summed E-state index contributed by atoms with van der Waals surface area (Å²) in [7, 11) is 1.32. The van der Waals surface area contributed by atoms with Crippen LogP contribution in [-0.4, -0.2) is 9.78 Å². The van der Waals surface area contributed by atoms with Crippen LogP contribution in [0.25, 0.3) is 0 Å². The van der Waals surface area contributed by atoms with Crippen LogP contribution in [-0.2, 0) is 13.2 Å². The maximum Gasteiger partial charge on any atom is 0.437 e. The molecule has 1 aromatic heterocycles. The third kappa shape index (κ3) is 1.53. The molecule has 0 bridgehead atoms. The molecule has 0 fully saturated rings. The van der Waals surface area contributed by atoms with Crippen LogP contribution in [0.15, 0.2) is 5.18 Å². The summed E-state index contributed by atoms with van der Waals surface area (Å²) in [6.07, 6.45) is -4.63. The van der Waals surface area contributed by atoms with E-state index in [-0.39, 0.29) is 5.69 Å². The molecule has 0 saturated heterocycles. The van der Waals surface area contributed by atoms with Gasteiger partial charge in [0.2, 0.25) is 0 Å². The molecule has 4 nitrogen and oxygen atoms in total. The van der Waals surface area contributed by atoms with Crippen molar-refractivity contribution in [1.29, 1.82) is 0 Å². The van der Waals surface area contributed by atoms with E-state index < -0.39 is 17.6 Å². The zero-order chi connectivity index (χ0) is 10.2. The fourth-order valence-corrected chi connectivity index (χ4v) is 0.897. The normalized spacial score (nSPS) is 11.8. The average molecular weight is 193 g/mol. The number of hydrogen-bond donors (Lipinski definition) is 0. The Balaban J connectivity index is 3.38. The van der Waals surface area contributed by atoms with Crippen LogP contribution in [0.3, 0.4) is 0 Å². The maximum atomic E-state index is 12.2. The van der Waals surface area contributed by atoms with Crippen LogP contribution >= 0.6 is 0 Å². The number of hydrogen-bond acceptors (Lipinski definition) is 3. The topological polar surface area (TPSA) is 47.2 Å². The molecule has 0 spiro atoms. The molecular formula is C6H6F3N3O. The molecule has 0 radical (unpaired) electrons. The third-order valence-corrected chi connectivity index (χ3v) is 1.66. The second kappa shape index (κ2) is 2.82. The third-order valence-electron chi connectivity index (χ3n) is 1.66. The Morgan fingerprint density at radius 1 is 1.46 bits per heavy atom. The van der Waals surface area contributed by atoms with Crippen LogP contribution in [0.4, 0.5) is 18.9 Å². The highest BCUT2D eigenvalue weighted by Gasteiger charge is 2.39. The number of aryl methyl sites for hydroxylation is 1. The van der Waals surface area contributed by atoms with Crippen molar-refractivity contribution in [3.8, 4) is 0 Å². The zero-order valence-electron chi connectivity index (χ0n) is 6.88. The highest BCUT2D eigenvalue weighted by Crippen LogP contribution is 2.36. The molecule has 0 aliphatic carbocycles. The fraction of sp³-hybridized carbons (Fsp3) is 0.500. The minimum Gasteiger partial charge on any atom is -0.270 e. The van der Waals surface area contributed by atoms with Gasteiger partial charge in [-0.3, -0.25) is 4.68 Å². The monoisotopic (exact) mass is 193 g/mol. The van der Waals surface area contributed by atoms with Crippen LogP contribution in [0.1, 0.15) is 11.4 Å². The summed E-state index contributed by atoms with van der Waals surface area (Å²) >= 11 is 0. The van der Waals surface area contributed by atoms with Gasteiger partial charge in [-0.2, -0.15) is 18.3 Å². The molecule has 0 unspecified atom stereocenters. The number of nitrogens with zero attached hydrogens (tertiary/aromatic N) is 3. The first kappa shape index (κ1) is 9.69. The van der Waals surface area contributed by atoms with E-state index in [9.17, 15) is 18.1 Å². The number of halogens is 3. The van der Waals surface area contributed by atoms with E-state index >= 15 is 0 Å². The van der Waals surface area contributed by atoms with Crippen molar-refractivity contribution >= 4 is 5.69 Å². The lowest BCUT2D eigenvalue weighted by atomic mass is 10.3. The van der Waals surface area contributed by atoms with Crippen molar-refractivity contribution in [2.24, 2.45) is 12.2 Å². The van der Waals surface area contributed by atoms with Crippen molar-refractivity contribution in [3.05, 3.63) is 16.3 Å². The second-order valence-corrected chi connectivity index (χ2v) is 2.50. The summed E-state index contributed by atoms with van der Waals surface area (Å²) in [5.41, 5.74) is -1.78. The van der Waals surface area contributed by atoms with Gasteiger partial charge < -0.3 is 0 Å². The molecule has 1 rings (SSSR count). The van der Waals surface area contributed by atoms with Gasteiger partial charge in [0.15, 0.2) is 11.4 Å². The van der Waals surface area contributed by atoms with Gasteiger partial charge in [0.25, 0.3) is 0 Å². The first-order valence-electron chi connectivity index (χ1n) is 3.32. The smallest absolute Gasteiger partial charge is 0.270 e. The van der Waals surface area contributed by atoms with Crippen molar-refractivity contribution in [1.82, 2.24) is 9.78 Å². The van der Waals surface area contributed by atoms with Crippen molar-refractivity contribution in [2.45, 2.75) is 13.1 Å². The van der Waals surface area contributed by atoms with E-state index in [2.05, 4.69) is 10.3 Å². The van der Waals surface area contributed by atoms with Gasteiger partial charge in [-0.05, 0) is 12.1 Å². The van der Waals surface area contributed by atoms with Gasteiger partial charge in [-0.1, -0.05) is 0 Å². The largest absolute Gasteiger partial charge is 0.437 e. The molecule has 0 N–H and O–H groups in total. The Morgan fingerprint density at radius 3 is 2.31 bits per heavy atom. The molecule has 1 aromatic rings. The van der Waals surface area contributed by atoms with Crippen molar-refractivity contribution in [3.63, 3.8) is 0 Å². The van der Waals surface area contributed by atoms with Gasteiger partial charge in [-0.25, -0.2) is 0 Å². The quantitative estimate of drug-likeness (QED) is 0.641. The Kier molecular flexibility index (Phi) is 2.10. The first-order valence-corrected chi connectivity index (χ1v) is 3.32. The van der Waals surface area contributed by atoms with Gasteiger partial charge >= 0.3 is 6.18 Å². The highest BCUT2D eigenvalue weighted by atomic mass is 19.4. The number of rotatable bonds is 1. The molecule has 0 aromatic carbocycles. The summed E-state index contributed by atoms with van der Waals surface area (Å²) in [5.74, 6) is 0. The Labute approximate surface area is 71.3 Å². The first-order chi connectivity index (χ1) is 5.88. The van der Waals surface area contributed by atoms with Crippen molar-refractivity contribution < 1.29 is 13.2 Å². The molecule has 0 aliphatic rings. The lowest BCUT2D eigenvalue weighted by Gasteiger charge is -2.00. The molecule has 0 saturated carbocycles. The van der Waals surface area contributed by atoms with Gasteiger partial charge in [0.1, 0.15) is 0 Å². The summed E-state index contributed by atoms with van der Waals surface area (Å²) in [6, 6.07) is 0. The predicted octanol–water partition coefficient (Wildman–Crippen LogP) is 2.15. The summed E-state index contributed by atoms with van der Waals surface area (Å²) in [4.78, 5) is 10.1. The Hall–Kier alpha value is -1.40. The average Bonchev–Trinajstić information content (AvgIpc) is 2.28. The molecule has 13 heavy (non-hydrogen) atoms. The van der Waals surface area contributed by atoms with Crippen molar-refractivity contribution in [2.75, 3.05) is 0 Å². The lowest BCUT2D eigenvalue weighted by Crippen LogP contribution is -2.06. The zero-order valence-corrected chi connectivity index (χ0v) is 6.88. The van der Waals surface area contributed by atoms with E-state index in [0.29, 0.717) is 0 Å². The minimum absolute atomic E-state index is 0.0994. The molecule has 72 valence electrons. The second-order valence-electron chi connectivity index (χ2n) is 2.50. The SMILES string of the molecule is Cc1c(N=O)c(C(F)(F)F)nn1C. The number of aromatic nitrogens is 2. The Bertz CT molecular complexity index is 342. The van der Waals surface area contributed by atoms with E-state index in [1.165, 1.54) is 14.0 Å². The number of alkyl halides is 3. The van der Waals surface area contributed by atoms with Crippen LogP contribution in [0.5, 0.6) is 0 Å². The van der Waals surface area contributed by atoms with E-state index in [0.717, 1.165) is 4.68 Å². The van der Waals surface area contributed by atoms with E-state index in [1.807, 2.05) is 0 Å². The van der Waals surface area contributed by atoms with Gasteiger partial charge in [0, 0.05) is 7.05 Å². The van der Waals surface area contributed by atoms with Crippen LogP contribution in [0, 0.1) is 11.8 Å². The molecular weight excluding hydrogens is 187 g/mol. The van der Waals surface area contributed by atoms with Crippen LogP contribution < -0.4 is 0 Å². The molecule has 0 atom stereocenters. The van der Waals surface area contributed by atoms with Gasteiger partial charge in [-0.15, -0.1) is 4.91 Å².